The van der Waals surface area contributed by atoms with Gasteiger partial charge in [-0.05, 0) is 13.8 Å². The predicted octanol–water partition coefficient (Wildman–Crippen LogP) is 1.24. The molecule has 0 bridgehead atoms. The first-order valence-corrected chi connectivity index (χ1v) is 4.84. The molecule has 0 saturated carbocycles. The first kappa shape index (κ1) is 11.2. The Morgan fingerprint density at radius 2 is 2.36 bits per heavy atom. The Hall–Kier alpha value is -0.870. The number of aromatic nitrogens is 2. The second-order valence-electron chi connectivity index (χ2n) is 2.81. The van der Waals surface area contributed by atoms with Crippen LogP contribution in [-0.2, 0) is 11.3 Å². The molecule has 0 aliphatic rings. The number of aryl methyl sites for hydroxylation is 1. The average molecular weight is 217 g/mol. The van der Waals surface area contributed by atoms with E-state index in [0.717, 1.165) is 0 Å². The van der Waals surface area contributed by atoms with E-state index in [2.05, 4.69) is 4.98 Å². The van der Waals surface area contributed by atoms with Gasteiger partial charge in [0.15, 0.2) is 0 Å². The van der Waals surface area contributed by atoms with E-state index in [1.54, 1.807) is 11.5 Å². The van der Waals surface area contributed by atoms with E-state index in [9.17, 15) is 4.79 Å². The molecule has 1 rings (SSSR count). The third kappa shape index (κ3) is 2.82. The van der Waals surface area contributed by atoms with Gasteiger partial charge in [-0.3, -0.25) is 9.36 Å². The molecule has 0 amide bonds. The zero-order valence-electron chi connectivity index (χ0n) is 8.29. The second kappa shape index (κ2) is 5.12. The Labute approximate surface area is 87.5 Å². The first-order valence-electron chi connectivity index (χ1n) is 4.47. The summed E-state index contributed by atoms with van der Waals surface area (Å²) < 4.78 is 6.70. The van der Waals surface area contributed by atoms with E-state index >= 15 is 0 Å². The smallest absolute Gasteiger partial charge is 0.255 e. The van der Waals surface area contributed by atoms with Gasteiger partial charge in [0.05, 0.1) is 13.2 Å². The van der Waals surface area contributed by atoms with Crippen molar-refractivity contribution in [1.29, 1.82) is 0 Å². The molecule has 0 saturated heterocycles. The summed E-state index contributed by atoms with van der Waals surface area (Å²) in [6.07, 6.45) is 0. The standard InChI is InChI=1S/C9H13ClN2O2/c1-3-14-5-4-12-7(2)11-8(10)6-9(12)13/h6H,3-5H2,1-2H3. The zero-order valence-corrected chi connectivity index (χ0v) is 9.04. The minimum atomic E-state index is -0.137. The van der Waals surface area contributed by atoms with Crippen LogP contribution in [0.3, 0.4) is 0 Å². The molecule has 0 aromatic carbocycles. The van der Waals surface area contributed by atoms with Gasteiger partial charge in [-0.15, -0.1) is 0 Å². The fourth-order valence-corrected chi connectivity index (χ4v) is 1.37. The molecule has 1 aromatic rings. The topological polar surface area (TPSA) is 44.1 Å². The number of ether oxygens (including phenoxy) is 1. The van der Waals surface area contributed by atoms with Crippen molar-refractivity contribution >= 4 is 11.6 Å². The van der Waals surface area contributed by atoms with Crippen LogP contribution in [0.25, 0.3) is 0 Å². The van der Waals surface area contributed by atoms with Crippen LogP contribution in [0.15, 0.2) is 10.9 Å². The molecule has 0 atom stereocenters. The van der Waals surface area contributed by atoms with Crippen molar-refractivity contribution in [2.45, 2.75) is 20.4 Å². The summed E-state index contributed by atoms with van der Waals surface area (Å²) in [4.78, 5) is 15.4. The third-order valence-electron chi connectivity index (χ3n) is 1.83. The Morgan fingerprint density at radius 3 is 2.93 bits per heavy atom. The Bertz CT molecular complexity index is 362. The fraction of sp³-hybridized carbons (Fsp3) is 0.556. The molecule has 78 valence electrons. The lowest BCUT2D eigenvalue weighted by Gasteiger charge is -2.08. The van der Waals surface area contributed by atoms with Crippen molar-refractivity contribution in [2.24, 2.45) is 0 Å². The number of halogens is 1. The molecule has 1 heterocycles. The number of rotatable bonds is 4. The Balaban J connectivity index is 2.81. The Morgan fingerprint density at radius 1 is 1.64 bits per heavy atom. The lowest BCUT2D eigenvalue weighted by Crippen LogP contribution is -2.24. The normalized spacial score (nSPS) is 10.5. The number of nitrogens with zero attached hydrogens (tertiary/aromatic N) is 2. The van der Waals surface area contributed by atoms with Gasteiger partial charge in [0.2, 0.25) is 0 Å². The average Bonchev–Trinajstić information content (AvgIpc) is 2.09. The van der Waals surface area contributed by atoms with E-state index in [1.807, 2.05) is 6.92 Å². The van der Waals surface area contributed by atoms with Crippen LogP contribution < -0.4 is 5.56 Å². The van der Waals surface area contributed by atoms with Crippen molar-refractivity contribution < 1.29 is 4.74 Å². The van der Waals surface area contributed by atoms with Crippen LogP contribution in [0, 0.1) is 6.92 Å². The van der Waals surface area contributed by atoms with Gasteiger partial charge in [-0.25, -0.2) is 4.98 Å². The molecule has 5 heteroatoms. The maximum atomic E-state index is 11.4. The third-order valence-corrected chi connectivity index (χ3v) is 2.02. The van der Waals surface area contributed by atoms with Crippen LogP contribution in [0.4, 0.5) is 0 Å². The molecular formula is C9H13ClN2O2. The highest BCUT2D eigenvalue weighted by Gasteiger charge is 2.02. The molecule has 0 aliphatic carbocycles. The highest BCUT2D eigenvalue weighted by atomic mass is 35.5. The largest absolute Gasteiger partial charge is 0.380 e. The summed E-state index contributed by atoms with van der Waals surface area (Å²) in [5.74, 6) is 0.613. The Kier molecular flexibility index (Phi) is 4.10. The maximum Gasteiger partial charge on any atom is 0.255 e. The van der Waals surface area contributed by atoms with E-state index in [1.165, 1.54) is 6.07 Å². The molecule has 14 heavy (non-hydrogen) atoms. The summed E-state index contributed by atoms with van der Waals surface area (Å²) in [6.45, 7) is 5.34. The van der Waals surface area contributed by atoms with E-state index in [0.29, 0.717) is 25.6 Å². The van der Waals surface area contributed by atoms with Crippen LogP contribution in [0.5, 0.6) is 0 Å². The summed E-state index contributed by atoms with van der Waals surface area (Å²) >= 11 is 5.63. The van der Waals surface area contributed by atoms with Crippen LogP contribution in [-0.4, -0.2) is 22.8 Å². The van der Waals surface area contributed by atoms with Gasteiger partial charge in [-0.2, -0.15) is 0 Å². The molecule has 0 unspecified atom stereocenters. The van der Waals surface area contributed by atoms with Gasteiger partial charge < -0.3 is 4.74 Å². The van der Waals surface area contributed by atoms with Gasteiger partial charge in [0, 0.05) is 12.7 Å². The monoisotopic (exact) mass is 216 g/mol. The van der Waals surface area contributed by atoms with E-state index in [4.69, 9.17) is 16.3 Å². The first-order chi connectivity index (χ1) is 6.65. The minimum Gasteiger partial charge on any atom is -0.380 e. The van der Waals surface area contributed by atoms with Gasteiger partial charge in [0.25, 0.3) is 5.56 Å². The fourth-order valence-electron chi connectivity index (χ4n) is 1.16. The lowest BCUT2D eigenvalue weighted by molar-refractivity contribution is 0.137. The lowest BCUT2D eigenvalue weighted by atomic mass is 10.5. The van der Waals surface area contributed by atoms with E-state index in [-0.39, 0.29) is 10.7 Å². The highest BCUT2D eigenvalue weighted by Crippen LogP contribution is 2.00. The van der Waals surface area contributed by atoms with Crippen molar-refractivity contribution in [3.05, 3.63) is 27.4 Å². The highest BCUT2D eigenvalue weighted by molar-refractivity contribution is 6.29. The molecule has 4 nitrogen and oxygen atoms in total. The van der Waals surface area contributed by atoms with Gasteiger partial charge >= 0.3 is 0 Å². The number of hydrogen-bond donors (Lipinski definition) is 0. The molecule has 0 radical (unpaired) electrons. The van der Waals surface area contributed by atoms with Gasteiger partial charge in [0.1, 0.15) is 11.0 Å². The molecule has 0 N–H and O–H groups in total. The SMILES string of the molecule is CCOCCn1c(C)nc(Cl)cc1=O. The molecule has 0 fully saturated rings. The predicted molar refractivity (Wildman–Crippen MR) is 54.7 cm³/mol. The second-order valence-corrected chi connectivity index (χ2v) is 3.20. The van der Waals surface area contributed by atoms with Crippen molar-refractivity contribution in [2.75, 3.05) is 13.2 Å². The van der Waals surface area contributed by atoms with Crippen LogP contribution in [0.1, 0.15) is 12.7 Å². The minimum absolute atomic E-state index is 0.137. The maximum absolute atomic E-state index is 11.4. The summed E-state index contributed by atoms with van der Waals surface area (Å²) in [6, 6.07) is 1.31. The molecule has 0 spiro atoms. The quantitative estimate of drug-likeness (QED) is 0.562. The van der Waals surface area contributed by atoms with Crippen LogP contribution in [0.2, 0.25) is 5.15 Å². The summed E-state index contributed by atoms with van der Waals surface area (Å²) in [5, 5.41) is 0.236. The van der Waals surface area contributed by atoms with Crippen molar-refractivity contribution in [3.8, 4) is 0 Å². The van der Waals surface area contributed by atoms with E-state index < -0.39 is 0 Å². The van der Waals surface area contributed by atoms with Crippen LogP contribution >= 0.6 is 11.6 Å². The molecule has 0 aliphatic heterocycles. The summed E-state index contributed by atoms with van der Waals surface area (Å²) in [5.41, 5.74) is -0.137. The summed E-state index contributed by atoms with van der Waals surface area (Å²) in [7, 11) is 0. The van der Waals surface area contributed by atoms with Gasteiger partial charge in [-0.1, -0.05) is 11.6 Å². The van der Waals surface area contributed by atoms with Crippen molar-refractivity contribution in [3.63, 3.8) is 0 Å². The zero-order chi connectivity index (χ0) is 10.6. The molecular weight excluding hydrogens is 204 g/mol. The van der Waals surface area contributed by atoms with Crippen molar-refractivity contribution in [1.82, 2.24) is 9.55 Å². The molecule has 1 aromatic heterocycles. The number of hydrogen-bond acceptors (Lipinski definition) is 3.